The molecule has 9 nitrogen and oxygen atoms in total. The number of halogens is 1. The molecule has 2 heterocycles. The van der Waals surface area contributed by atoms with Crippen molar-refractivity contribution in [3.05, 3.63) is 77.3 Å². The van der Waals surface area contributed by atoms with E-state index >= 15 is 0 Å². The monoisotopic (exact) mass is 717 g/mol. The summed E-state index contributed by atoms with van der Waals surface area (Å²) in [5.74, 6) is 0.634. The number of benzene rings is 2. The maximum Gasteiger partial charge on any atom is 0.282 e. The molecule has 2 aromatic carbocycles. The largest absolute Gasteiger partial charge is 0.378 e. The summed E-state index contributed by atoms with van der Waals surface area (Å²) >= 11 is 6.22. The van der Waals surface area contributed by atoms with Gasteiger partial charge in [0.15, 0.2) is 0 Å². The zero-order valence-electron chi connectivity index (χ0n) is 28.6. The number of hydrogen-bond donors (Lipinski definition) is 0. The smallest absolute Gasteiger partial charge is 0.282 e. The van der Waals surface area contributed by atoms with Crippen LogP contribution in [0.15, 0.2) is 71.7 Å². The first-order valence-electron chi connectivity index (χ1n) is 17.3. The number of anilines is 1. The first-order chi connectivity index (χ1) is 22.9. The van der Waals surface area contributed by atoms with E-state index in [1.54, 1.807) is 12.1 Å². The van der Waals surface area contributed by atoms with E-state index in [1.807, 2.05) is 61.5 Å². The van der Waals surface area contributed by atoms with E-state index in [0.717, 1.165) is 36.5 Å². The van der Waals surface area contributed by atoms with Crippen LogP contribution in [0.3, 0.4) is 0 Å². The summed E-state index contributed by atoms with van der Waals surface area (Å²) in [5.41, 5.74) is 3.56. The molecule has 0 amide bonds. The van der Waals surface area contributed by atoms with E-state index in [2.05, 4.69) is 11.5 Å². The van der Waals surface area contributed by atoms with Crippen LogP contribution in [0, 0.1) is 5.92 Å². The van der Waals surface area contributed by atoms with Crippen LogP contribution in [-0.4, -0.2) is 108 Å². The lowest BCUT2D eigenvalue weighted by Gasteiger charge is -2.35. The van der Waals surface area contributed by atoms with Crippen LogP contribution in [0.2, 0.25) is 5.02 Å². The minimum atomic E-state index is -3.84. The Kier molecular flexibility index (Phi) is 12.8. The Hall–Kier alpha value is -2.25. The molecular formula is C36H52ClN5O4S2. The van der Waals surface area contributed by atoms with Crippen molar-refractivity contribution in [3.63, 3.8) is 0 Å². The number of nitrogens with zero attached hydrogens (tertiary/aromatic N) is 5. The Morgan fingerprint density at radius 2 is 1.48 bits per heavy atom. The highest BCUT2D eigenvalue weighted by Crippen LogP contribution is 2.28. The molecule has 48 heavy (non-hydrogen) atoms. The number of rotatable bonds is 8. The van der Waals surface area contributed by atoms with E-state index in [0.29, 0.717) is 55.4 Å². The Bertz CT molecular complexity index is 1640. The van der Waals surface area contributed by atoms with Gasteiger partial charge in [0.05, 0.1) is 4.90 Å². The zero-order valence-corrected chi connectivity index (χ0v) is 31.0. The van der Waals surface area contributed by atoms with Gasteiger partial charge in [-0.2, -0.15) is 21.3 Å². The average Bonchev–Trinajstić information content (AvgIpc) is 3.07. The van der Waals surface area contributed by atoms with Crippen molar-refractivity contribution in [2.75, 3.05) is 77.9 Å². The summed E-state index contributed by atoms with van der Waals surface area (Å²) in [6.45, 7) is 8.19. The van der Waals surface area contributed by atoms with Gasteiger partial charge in [-0.1, -0.05) is 55.7 Å². The normalized spacial score (nSPS) is 21.3. The first kappa shape index (κ1) is 37.0. The SMILES string of the molecule is C=C1CN(S(=O)(=O)c2ccc(N(C)C)cc2)CCCN(CC2CCCCC2)CCCN(S(=O)(=O)N2CC=C(c3cccc(Cl)c3)CC2)C1. The molecule has 1 saturated carbocycles. The molecule has 0 spiro atoms. The number of sulfonamides is 1. The second-order valence-corrected chi connectivity index (χ2v) is 18.0. The van der Waals surface area contributed by atoms with Crippen molar-refractivity contribution < 1.29 is 16.8 Å². The molecule has 12 heteroatoms. The first-order valence-corrected chi connectivity index (χ1v) is 20.5. The van der Waals surface area contributed by atoms with Crippen molar-refractivity contribution in [2.45, 2.75) is 56.3 Å². The van der Waals surface area contributed by atoms with Crippen LogP contribution < -0.4 is 4.90 Å². The molecular weight excluding hydrogens is 666 g/mol. The van der Waals surface area contributed by atoms with Gasteiger partial charge in [-0.05, 0) is 104 Å². The topological polar surface area (TPSA) is 84.5 Å². The molecule has 0 radical (unpaired) electrons. The highest BCUT2D eigenvalue weighted by atomic mass is 35.5. The van der Waals surface area contributed by atoms with E-state index in [1.165, 1.54) is 45.0 Å². The fourth-order valence-electron chi connectivity index (χ4n) is 7.12. The predicted octanol–water partition coefficient (Wildman–Crippen LogP) is 5.97. The van der Waals surface area contributed by atoms with Gasteiger partial charge < -0.3 is 9.80 Å². The summed E-state index contributed by atoms with van der Waals surface area (Å²) in [7, 11) is -3.84. The van der Waals surface area contributed by atoms with Crippen LogP contribution in [0.4, 0.5) is 5.69 Å². The molecule has 3 aliphatic rings. The summed E-state index contributed by atoms with van der Waals surface area (Å²) < 4.78 is 61.0. The van der Waals surface area contributed by atoms with Crippen LogP contribution in [0.5, 0.6) is 0 Å². The fraction of sp³-hybridized carbons (Fsp3) is 0.556. The lowest BCUT2D eigenvalue weighted by Crippen LogP contribution is -2.48. The molecule has 2 fully saturated rings. The van der Waals surface area contributed by atoms with Crippen molar-refractivity contribution in [1.29, 1.82) is 0 Å². The Balaban J connectivity index is 1.37. The second-order valence-electron chi connectivity index (χ2n) is 13.7. The maximum atomic E-state index is 14.2. The third-order valence-corrected chi connectivity index (χ3v) is 13.9. The van der Waals surface area contributed by atoms with Crippen molar-refractivity contribution in [3.8, 4) is 0 Å². The van der Waals surface area contributed by atoms with Crippen molar-refractivity contribution in [2.24, 2.45) is 5.92 Å². The second kappa shape index (κ2) is 16.6. The van der Waals surface area contributed by atoms with Crippen LogP contribution in [0.1, 0.15) is 56.9 Å². The zero-order chi connectivity index (χ0) is 34.3. The molecule has 0 atom stereocenters. The third kappa shape index (κ3) is 9.50. The van der Waals surface area contributed by atoms with Gasteiger partial charge in [-0.15, -0.1) is 0 Å². The lowest BCUT2D eigenvalue weighted by atomic mass is 9.89. The molecule has 1 saturated heterocycles. The molecule has 264 valence electrons. The van der Waals surface area contributed by atoms with Crippen molar-refractivity contribution >= 4 is 43.1 Å². The molecule has 0 aromatic heterocycles. The number of hydrogen-bond acceptors (Lipinski definition) is 6. The fourth-order valence-corrected chi connectivity index (χ4v) is 10.4. The Morgan fingerprint density at radius 1 is 0.812 bits per heavy atom. The van der Waals surface area contributed by atoms with Gasteiger partial charge in [-0.25, -0.2) is 8.42 Å². The van der Waals surface area contributed by atoms with E-state index in [9.17, 15) is 16.8 Å². The Morgan fingerprint density at radius 3 is 2.10 bits per heavy atom. The van der Waals surface area contributed by atoms with Crippen LogP contribution >= 0.6 is 11.6 Å². The predicted molar refractivity (Wildman–Crippen MR) is 197 cm³/mol. The van der Waals surface area contributed by atoms with Crippen LogP contribution in [-0.2, 0) is 20.2 Å². The quantitative estimate of drug-likeness (QED) is 0.314. The average molecular weight is 718 g/mol. The van der Waals surface area contributed by atoms with E-state index in [-0.39, 0.29) is 24.5 Å². The summed E-state index contributed by atoms with van der Waals surface area (Å²) in [5, 5.41) is 0.653. The van der Waals surface area contributed by atoms with Crippen LogP contribution in [0.25, 0.3) is 5.57 Å². The molecule has 0 unspecified atom stereocenters. The van der Waals surface area contributed by atoms with Crippen molar-refractivity contribution in [1.82, 2.24) is 17.8 Å². The van der Waals surface area contributed by atoms with Gasteiger partial charge in [0.1, 0.15) is 0 Å². The van der Waals surface area contributed by atoms with Gasteiger partial charge >= 0.3 is 0 Å². The van der Waals surface area contributed by atoms with E-state index in [4.69, 9.17) is 11.6 Å². The highest BCUT2D eigenvalue weighted by molar-refractivity contribution is 7.89. The van der Waals surface area contributed by atoms with Gasteiger partial charge in [0.25, 0.3) is 10.2 Å². The third-order valence-electron chi connectivity index (χ3n) is 9.82. The van der Waals surface area contributed by atoms with Gasteiger partial charge in [-0.3, -0.25) is 0 Å². The minimum absolute atomic E-state index is 0.0607. The standard InChI is InChI=1S/C36H52ClN5O4S2/c1-30-27-41(47(43,44)36-16-14-35(15-17-36)38(2)3)22-8-20-39(29-31-10-5-4-6-11-31)21-9-23-42(28-30)48(45,46)40-24-18-32(19-25-40)33-12-7-13-34(37)26-33/h7,12-18,26,31H,1,4-6,8-11,19-25,27-29H2,2-3H3. The summed E-state index contributed by atoms with van der Waals surface area (Å²) in [6.07, 6.45) is 10.2. The van der Waals surface area contributed by atoms with Gasteiger partial charge in [0, 0.05) is 70.6 Å². The Labute approximate surface area is 294 Å². The molecule has 0 bridgehead atoms. The molecule has 1 aliphatic carbocycles. The molecule has 0 N–H and O–H groups in total. The summed E-state index contributed by atoms with van der Waals surface area (Å²) in [4.78, 5) is 4.60. The molecule has 2 aromatic rings. The summed E-state index contributed by atoms with van der Waals surface area (Å²) in [6, 6.07) is 14.6. The van der Waals surface area contributed by atoms with Gasteiger partial charge in [0.2, 0.25) is 10.0 Å². The highest BCUT2D eigenvalue weighted by Gasteiger charge is 2.33. The minimum Gasteiger partial charge on any atom is -0.378 e. The molecule has 5 rings (SSSR count). The molecule has 2 aliphatic heterocycles. The lowest BCUT2D eigenvalue weighted by molar-refractivity contribution is 0.187. The maximum absolute atomic E-state index is 14.2. The van der Waals surface area contributed by atoms with E-state index < -0.39 is 20.2 Å².